The molecule has 0 N–H and O–H groups in total. The molecule has 1 unspecified atom stereocenters. The number of nitrogens with zero attached hydrogens (tertiary/aromatic N) is 3. The van der Waals surface area contributed by atoms with Gasteiger partial charge >= 0.3 is 12.1 Å². The molecule has 34 heavy (non-hydrogen) atoms. The van der Waals surface area contributed by atoms with Gasteiger partial charge in [-0.05, 0) is 50.8 Å². The van der Waals surface area contributed by atoms with Crippen molar-refractivity contribution in [1.29, 1.82) is 0 Å². The summed E-state index contributed by atoms with van der Waals surface area (Å²) in [5, 5.41) is 0. The molecular weight excluding hydrogens is 440 g/mol. The van der Waals surface area contributed by atoms with Crippen LogP contribution >= 0.6 is 0 Å². The first kappa shape index (κ1) is 24.0. The Morgan fingerprint density at radius 1 is 1.06 bits per heavy atom. The molecule has 182 valence electrons. The van der Waals surface area contributed by atoms with Crippen molar-refractivity contribution in [1.82, 2.24) is 14.7 Å². The molecule has 3 amide bonds. The quantitative estimate of drug-likeness (QED) is 0.621. The third kappa shape index (κ3) is 4.86. The van der Waals surface area contributed by atoms with Gasteiger partial charge in [0.25, 0.3) is 0 Å². The molecule has 0 radical (unpaired) electrons. The molecule has 2 heterocycles. The highest BCUT2D eigenvalue weighted by Crippen LogP contribution is 2.37. The summed E-state index contributed by atoms with van der Waals surface area (Å²) >= 11 is 0. The van der Waals surface area contributed by atoms with Crippen LogP contribution < -0.4 is 0 Å². The molecule has 2 aromatic carbocycles. The zero-order chi connectivity index (χ0) is 24.6. The molecule has 2 aromatic rings. The van der Waals surface area contributed by atoms with Crippen LogP contribution in [0.5, 0.6) is 0 Å². The predicted molar refractivity (Wildman–Crippen MR) is 124 cm³/mol. The third-order valence-electron chi connectivity index (χ3n) is 6.45. The summed E-state index contributed by atoms with van der Waals surface area (Å²) in [6, 6.07) is 10.1. The molecule has 0 bridgehead atoms. The fourth-order valence-corrected chi connectivity index (χ4v) is 4.73. The van der Waals surface area contributed by atoms with Crippen molar-refractivity contribution in [3.63, 3.8) is 0 Å². The van der Waals surface area contributed by atoms with E-state index in [9.17, 15) is 18.4 Å². The van der Waals surface area contributed by atoms with Crippen molar-refractivity contribution < 1.29 is 23.1 Å². The topological polar surface area (TPSA) is 53.1 Å². The molecule has 1 fully saturated rings. The second-order valence-corrected chi connectivity index (χ2v) is 9.97. The van der Waals surface area contributed by atoms with Crippen LogP contribution in [0.3, 0.4) is 0 Å². The zero-order valence-corrected chi connectivity index (χ0v) is 20.1. The van der Waals surface area contributed by atoms with Crippen LogP contribution in [0.15, 0.2) is 42.5 Å². The van der Waals surface area contributed by atoms with E-state index in [-0.39, 0.29) is 17.6 Å². The summed E-state index contributed by atoms with van der Waals surface area (Å²) in [7, 11) is 1.68. The van der Waals surface area contributed by atoms with Gasteiger partial charge in [-0.3, -0.25) is 0 Å². The highest BCUT2D eigenvalue weighted by atomic mass is 19.1. The van der Waals surface area contributed by atoms with Crippen LogP contribution in [-0.2, 0) is 11.2 Å². The molecule has 0 aromatic heterocycles. The number of ether oxygens (including phenoxy) is 1. The summed E-state index contributed by atoms with van der Waals surface area (Å²) < 4.78 is 34.0. The molecule has 0 aliphatic carbocycles. The molecule has 8 heteroatoms. The average molecular weight is 472 g/mol. The van der Waals surface area contributed by atoms with E-state index in [0.717, 1.165) is 17.2 Å². The third-order valence-corrected chi connectivity index (χ3v) is 6.45. The summed E-state index contributed by atoms with van der Waals surface area (Å²) in [5.74, 6) is -1.33. The Balaban J connectivity index is 1.57. The SMILES string of the molecule is CN(C(=O)OC(C)(C)C)[C@@H]1CCN(C(=O)N2CCc3ccccc3C2c2ccc(F)cc2F)C1. The van der Waals surface area contributed by atoms with Crippen LogP contribution in [-0.4, -0.2) is 65.1 Å². The predicted octanol–water partition coefficient (Wildman–Crippen LogP) is 4.97. The van der Waals surface area contributed by atoms with E-state index in [1.54, 1.807) is 21.7 Å². The van der Waals surface area contributed by atoms with Crippen LogP contribution in [0.2, 0.25) is 0 Å². The molecule has 2 atom stereocenters. The van der Waals surface area contributed by atoms with Gasteiger partial charge in [0, 0.05) is 38.3 Å². The molecule has 1 saturated heterocycles. The minimum absolute atomic E-state index is 0.170. The fourth-order valence-electron chi connectivity index (χ4n) is 4.73. The van der Waals surface area contributed by atoms with Crippen molar-refractivity contribution in [2.45, 2.75) is 51.3 Å². The number of benzene rings is 2. The van der Waals surface area contributed by atoms with Gasteiger partial charge in [0.2, 0.25) is 0 Å². The van der Waals surface area contributed by atoms with Crippen molar-refractivity contribution in [3.05, 3.63) is 70.8 Å². The maximum Gasteiger partial charge on any atom is 0.410 e. The van der Waals surface area contributed by atoms with Gasteiger partial charge in [0.15, 0.2) is 0 Å². The Labute approximate surface area is 199 Å². The van der Waals surface area contributed by atoms with E-state index in [4.69, 9.17) is 4.74 Å². The lowest BCUT2D eigenvalue weighted by Gasteiger charge is -2.40. The monoisotopic (exact) mass is 471 g/mol. The number of hydrogen-bond acceptors (Lipinski definition) is 3. The number of likely N-dealkylation sites (tertiary alicyclic amines) is 1. The van der Waals surface area contributed by atoms with Gasteiger partial charge in [-0.2, -0.15) is 0 Å². The summed E-state index contributed by atoms with van der Waals surface area (Å²) in [6.45, 7) is 6.70. The number of likely N-dealkylation sites (N-methyl/N-ethyl adjacent to an activating group) is 1. The highest BCUT2D eigenvalue weighted by Gasteiger charge is 2.39. The summed E-state index contributed by atoms with van der Waals surface area (Å²) in [4.78, 5) is 31.0. The van der Waals surface area contributed by atoms with E-state index in [1.165, 1.54) is 12.1 Å². The van der Waals surface area contributed by atoms with Crippen LogP contribution in [0.4, 0.5) is 18.4 Å². The Hall–Kier alpha value is -3.16. The Morgan fingerprint density at radius 3 is 2.50 bits per heavy atom. The van der Waals surface area contributed by atoms with Gasteiger partial charge < -0.3 is 19.4 Å². The normalized spacial score (nSPS) is 20.2. The number of halogens is 2. The van der Waals surface area contributed by atoms with Gasteiger partial charge in [0.05, 0.1) is 12.1 Å². The van der Waals surface area contributed by atoms with E-state index >= 15 is 0 Å². The maximum absolute atomic E-state index is 14.9. The van der Waals surface area contributed by atoms with Crippen LogP contribution in [0.25, 0.3) is 0 Å². The second kappa shape index (κ2) is 9.24. The van der Waals surface area contributed by atoms with Crippen molar-refractivity contribution in [2.75, 3.05) is 26.7 Å². The fraction of sp³-hybridized carbons (Fsp3) is 0.462. The molecule has 2 aliphatic heterocycles. The first-order valence-electron chi connectivity index (χ1n) is 11.6. The summed E-state index contributed by atoms with van der Waals surface area (Å²) in [5.41, 5.74) is 1.55. The molecule has 2 aliphatic rings. The van der Waals surface area contributed by atoms with Crippen molar-refractivity contribution >= 4 is 12.1 Å². The zero-order valence-electron chi connectivity index (χ0n) is 20.1. The number of urea groups is 1. The molecule has 4 rings (SSSR count). The number of carbonyl (C=O) groups excluding carboxylic acids is 2. The van der Waals surface area contributed by atoms with Gasteiger partial charge in [-0.15, -0.1) is 0 Å². The Kier molecular flexibility index (Phi) is 6.51. The number of fused-ring (bicyclic) bond motifs is 1. The number of hydrogen-bond donors (Lipinski definition) is 0. The van der Waals surface area contributed by atoms with Gasteiger partial charge in [0.1, 0.15) is 17.2 Å². The Morgan fingerprint density at radius 2 is 1.79 bits per heavy atom. The molecular formula is C26H31F2N3O3. The first-order chi connectivity index (χ1) is 16.0. The minimum atomic E-state index is -0.677. The lowest BCUT2D eigenvalue weighted by Crippen LogP contribution is -2.49. The first-order valence-corrected chi connectivity index (χ1v) is 11.6. The van der Waals surface area contributed by atoms with E-state index in [0.29, 0.717) is 32.5 Å². The largest absolute Gasteiger partial charge is 0.444 e. The number of rotatable bonds is 2. The standard InChI is InChI=1S/C26H31F2N3O3/c1-26(2,3)34-25(33)29(4)19-12-13-30(16-19)24(32)31-14-11-17-7-5-6-8-20(17)23(31)21-10-9-18(27)15-22(21)28/h5-10,15,19,23H,11-14,16H2,1-4H3/t19-,23?/m1/s1. The van der Waals surface area contributed by atoms with Crippen LogP contribution in [0, 0.1) is 11.6 Å². The smallest absolute Gasteiger partial charge is 0.410 e. The van der Waals surface area contributed by atoms with Crippen molar-refractivity contribution in [2.24, 2.45) is 0 Å². The van der Waals surface area contributed by atoms with E-state index in [1.807, 2.05) is 45.0 Å². The summed E-state index contributed by atoms with van der Waals surface area (Å²) in [6.07, 6.45) is 0.850. The molecule has 0 spiro atoms. The lowest BCUT2D eigenvalue weighted by atomic mass is 9.88. The minimum Gasteiger partial charge on any atom is -0.444 e. The van der Waals surface area contributed by atoms with E-state index < -0.39 is 29.4 Å². The highest BCUT2D eigenvalue weighted by molar-refractivity contribution is 5.77. The van der Waals surface area contributed by atoms with E-state index in [2.05, 4.69) is 0 Å². The second-order valence-electron chi connectivity index (χ2n) is 9.97. The van der Waals surface area contributed by atoms with Gasteiger partial charge in [-0.1, -0.05) is 30.3 Å². The maximum atomic E-state index is 14.9. The average Bonchev–Trinajstić information content (AvgIpc) is 3.27. The number of amides is 3. The van der Waals surface area contributed by atoms with Crippen LogP contribution in [0.1, 0.15) is 49.9 Å². The van der Waals surface area contributed by atoms with Crippen molar-refractivity contribution in [3.8, 4) is 0 Å². The lowest BCUT2D eigenvalue weighted by molar-refractivity contribution is 0.0228. The Bertz CT molecular complexity index is 1090. The van der Waals surface area contributed by atoms with Gasteiger partial charge in [-0.25, -0.2) is 18.4 Å². The molecule has 6 nitrogen and oxygen atoms in total. The molecule has 0 saturated carbocycles. The number of carbonyl (C=O) groups is 2.